The van der Waals surface area contributed by atoms with E-state index in [0.29, 0.717) is 26.4 Å². The fourth-order valence-electron chi connectivity index (χ4n) is 1.65. The predicted molar refractivity (Wildman–Crippen MR) is 80.0 cm³/mol. The molecule has 0 N–H and O–H groups in total. The van der Waals surface area contributed by atoms with Crippen LogP contribution in [-0.4, -0.2) is 6.29 Å². The first-order valence-electron chi connectivity index (χ1n) is 5.70. The van der Waals surface area contributed by atoms with Gasteiger partial charge in [0.1, 0.15) is 12.4 Å². The van der Waals surface area contributed by atoms with Crippen LogP contribution in [0.3, 0.4) is 0 Å². The van der Waals surface area contributed by atoms with Crippen molar-refractivity contribution in [2.45, 2.75) is 6.61 Å². The van der Waals surface area contributed by atoms with Gasteiger partial charge >= 0.3 is 0 Å². The summed E-state index contributed by atoms with van der Waals surface area (Å²) in [6.45, 7) is 0.216. The Labute approximate surface area is 129 Å². The summed E-state index contributed by atoms with van der Waals surface area (Å²) in [5.41, 5.74) is 1.70. The lowest BCUT2D eigenvalue weighted by atomic mass is 10.1. The zero-order valence-electron chi connectivity index (χ0n) is 10.3. The number of hydrogen-bond acceptors (Lipinski definition) is 3. The van der Waals surface area contributed by atoms with Crippen molar-refractivity contribution in [1.82, 2.24) is 0 Å². The molecule has 20 heavy (non-hydrogen) atoms. The first kappa shape index (κ1) is 14.6. The summed E-state index contributed by atoms with van der Waals surface area (Å²) < 4.78 is 6.35. The molecule has 0 saturated carbocycles. The van der Waals surface area contributed by atoms with Crippen molar-refractivity contribution < 1.29 is 9.53 Å². The number of nitrogens with zero attached hydrogens (tertiary/aromatic N) is 1. The summed E-state index contributed by atoms with van der Waals surface area (Å²) in [6.07, 6.45) is 0.737. The lowest BCUT2D eigenvalue weighted by Crippen LogP contribution is -2.00. The molecule has 5 heteroatoms. The van der Waals surface area contributed by atoms with Gasteiger partial charge < -0.3 is 4.74 Å². The standard InChI is InChI=1S/C15H9BrClNO2/c16-13-3-1-2-11(8-19)15(13)20-9-12-5-4-10(7-18)6-14(12)17/h1-6,8H,9H2. The van der Waals surface area contributed by atoms with E-state index in [1.54, 1.807) is 36.4 Å². The third-order valence-corrected chi connectivity index (χ3v) is 3.65. The number of carbonyl (C=O) groups excluding carboxylic acids is 1. The van der Waals surface area contributed by atoms with Gasteiger partial charge in [-0.25, -0.2) is 0 Å². The van der Waals surface area contributed by atoms with Crippen LogP contribution in [-0.2, 0) is 6.61 Å². The second-order valence-corrected chi connectivity index (χ2v) is 5.24. The molecule has 0 aromatic heterocycles. The third kappa shape index (κ3) is 3.19. The quantitative estimate of drug-likeness (QED) is 0.770. The summed E-state index contributed by atoms with van der Waals surface area (Å²) in [4.78, 5) is 11.0. The molecule has 0 heterocycles. The van der Waals surface area contributed by atoms with Crippen LogP contribution in [0.25, 0.3) is 0 Å². The molecule has 0 spiro atoms. The van der Waals surface area contributed by atoms with Crippen molar-refractivity contribution in [1.29, 1.82) is 5.26 Å². The minimum absolute atomic E-state index is 0.216. The Hall–Kier alpha value is -1.83. The molecule has 0 saturated heterocycles. The highest BCUT2D eigenvalue weighted by Gasteiger charge is 2.09. The number of benzene rings is 2. The molecule has 2 aromatic carbocycles. The Morgan fingerprint density at radius 3 is 2.80 bits per heavy atom. The zero-order chi connectivity index (χ0) is 14.5. The normalized spacial score (nSPS) is 9.85. The number of hydrogen-bond donors (Lipinski definition) is 0. The first-order chi connectivity index (χ1) is 9.65. The van der Waals surface area contributed by atoms with Crippen LogP contribution in [0.15, 0.2) is 40.9 Å². The molecule has 0 aliphatic carbocycles. The topological polar surface area (TPSA) is 50.1 Å². The maximum absolute atomic E-state index is 11.0. The number of para-hydroxylation sites is 1. The van der Waals surface area contributed by atoms with E-state index in [1.165, 1.54) is 0 Å². The summed E-state index contributed by atoms with van der Waals surface area (Å²) in [6, 6.07) is 12.2. The van der Waals surface area contributed by atoms with E-state index < -0.39 is 0 Å². The monoisotopic (exact) mass is 349 g/mol. The minimum atomic E-state index is 0.216. The van der Waals surface area contributed by atoms with Crippen molar-refractivity contribution in [3.05, 3.63) is 62.6 Å². The molecular weight excluding hydrogens is 342 g/mol. The molecule has 0 unspecified atom stereocenters. The number of rotatable bonds is 4. The van der Waals surface area contributed by atoms with Gasteiger partial charge in [-0.05, 0) is 40.2 Å². The number of carbonyl (C=O) groups is 1. The molecule has 0 fully saturated rings. The van der Waals surface area contributed by atoms with Crippen molar-refractivity contribution in [2.75, 3.05) is 0 Å². The Bertz CT molecular complexity index is 695. The number of ether oxygens (including phenoxy) is 1. The summed E-state index contributed by atoms with van der Waals surface area (Å²) in [5.74, 6) is 0.475. The second-order valence-electron chi connectivity index (χ2n) is 3.98. The maximum Gasteiger partial charge on any atom is 0.153 e. The van der Waals surface area contributed by atoms with E-state index in [9.17, 15) is 4.79 Å². The van der Waals surface area contributed by atoms with Gasteiger partial charge in [0, 0.05) is 10.6 Å². The van der Waals surface area contributed by atoms with Crippen molar-refractivity contribution in [3.63, 3.8) is 0 Å². The van der Waals surface area contributed by atoms with Crippen LogP contribution in [0.5, 0.6) is 5.75 Å². The fraction of sp³-hybridized carbons (Fsp3) is 0.0667. The van der Waals surface area contributed by atoms with Gasteiger partial charge in [0.05, 0.1) is 21.7 Å². The van der Waals surface area contributed by atoms with Gasteiger partial charge in [-0.3, -0.25) is 4.79 Å². The molecule has 3 nitrogen and oxygen atoms in total. The Morgan fingerprint density at radius 1 is 1.35 bits per heavy atom. The molecular formula is C15H9BrClNO2. The van der Waals surface area contributed by atoms with Crippen LogP contribution in [0.2, 0.25) is 5.02 Å². The third-order valence-electron chi connectivity index (χ3n) is 2.68. The van der Waals surface area contributed by atoms with Crippen LogP contribution in [0, 0.1) is 11.3 Å². The maximum atomic E-state index is 11.0. The van der Waals surface area contributed by atoms with E-state index in [0.717, 1.165) is 11.8 Å². The highest BCUT2D eigenvalue weighted by atomic mass is 79.9. The smallest absolute Gasteiger partial charge is 0.153 e. The fourth-order valence-corrected chi connectivity index (χ4v) is 2.39. The van der Waals surface area contributed by atoms with Gasteiger partial charge in [0.2, 0.25) is 0 Å². The van der Waals surface area contributed by atoms with Crippen LogP contribution in [0.1, 0.15) is 21.5 Å². The largest absolute Gasteiger partial charge is 0.487 e. The van der Waals surface area contributed by atoms with Gasteiger partial charge in [-0.15, -0.1) is 0 Å². The Kier molecular flexibility index (Phi) is 4.78. The molecule has 0 radical (unpaired) electrons. The molecule has 100 valence electrons. The highest BCUT2D eigenvalue weighted by Crippen LogP contribution is 2.29. The van der Waals surface area contributed by atoms with Gasteiger partial charge in [0.25, 0.3) is 0 Å². The van der Waals surface area contributed by atoms with Crippen LogP contribution in [0.4, 0.5) is 0 Å². The number of nitriles is 1. The minimum Gasteiger partial charge on any atom is -0.487 e. The first-order valence-corrected chi connectivity index (χ1v) is 6.88. The second kappa shape index (κ2) is 6.56. The highest BCUT2D eigenvalue weighted by molar-refractivity contribution is 9.10. The Balaban J connectivity index is 2.21. The van der Waals surface area contributed by atoms with Crippen LogP contribution >= 0.6 is 27.5 Å². The molecule has 0 amide bonds. The van der Waals surface area contributed by atoms with E-state index in [2.05, 4.69) is 15.9 Å². The van der Waals surface area contributed by atoms with Gasteiger partial charge in [-0.2, -0.15) is 5.26 Å². The summed E-state index contributed by atoms with van der Waals surface area (Å²) in [5, 5.41) is 9.24. The molecule has 0 aliphatic heterocycles. The zero-order valence-corrected chi connectivity index (χ0v) is 12.6. The lowest BCUT2D eigenvalue weighted by Gasteiger charge is -2.11. The molecule has 0 atom stereocenters. The van der Waals surface area contributed by atoms with E-state index in [1.807, 2.05) is 6.07 Å². The van der Waals surface area contributed by atoms with E-state index in [-0.39, 0.29) is 6.61 Å². The van der Waals surface area contributed by atoms with Crippen molar-refractivity contribution in [3.8, 4) is 11.8 Å². The van der Waals surface area contributed by atoms with Crippen molar-refractivity contribution >= 4 is 33.8 Å². The molecule has 2 aromatic rings. The number of halogens is 2. The average molecular weight is 351 g/mol. The lowest BCUT2D eigenvalue weighted by molar-refractivity contribution is 0.111. The van der Waals surface area contributed by atoms with Crippen molar-refractivity contribution in [2.24, 2.45) is 0 Å². The molecule has 0 bridgehead atoms. The SMILES string of the molecule is N#Cc1ccc(COc2c(Br)cccc2C=O)c(Cl)c1. The molecule has 2 rings (SSSR count). The Morgan fingerprint density at radius 2 is 2.15 bits per heavy atom. The van der Waals surface area contributed by atoms with E-state index >= 15 is 0 Å². The average Bonchev–Trinajstić information content (AvgIpc) is 2.46. The van der Waals surface area contributed by atoms with Gasteiger partial charge in [-0.1, -0.05) is 23.7 Å². The summed E-state index contributed by atoms with van der Waals surface area (Å²) >= 11 is 9.42. The summed E-state index contributed by atoms with van der Waals surface area (Å²) in [7, 11) is 0. The predicted octanol–water partition coefficient (Wildman–Crippen LogP) is 4.37. The van der Waals surface area contributed by atoms with Gasteiger partial charge in [0.15, 0.2) is 6.29 Å². The van der Waals surface area contributed by atoms with E-state index in [4.69, 9.17) is 21.6 Å². The molecule has 0 aliphatic rings. The number of aldehydes is 1. The van der Waals surface area contributed by atoms with Crippen LogP contribution < -0.4 is 4.74 Å².